The van der Waals surface area contributed by atoms with Gasteiger partial charge >= 0.3 is 0 Å². The van der Waals surface area contributed by atoms with Crippen LogP contribution in [0.4, 0.5) is 11.4 Å². The average molecular weight is 393 g/mol. The zero-order chi connectivity index (χ0) is 20.8. The fourth-order valence-corrected chi connectivity index (χ4v) is 4.40. The number of hydrogen-bond acceptors (Lipinski definition) is 2. The van der Waals surface area contributed by atoms with Gasteiger partial charge in [-0.05, 0) is 43.5 Å². The first kappa shape index (κ1) is 21.1. The predicted molar refractivity (Wildman–Crippen MR) is 119 cm³/mol. The van der Waals surface area contributed by atoms with E-state index in [1.54, 1.807) is 6.92 Å². The van der Waals surface area contributed by atoms with Crippen LogP contribution in [0.1, 0.15) is 70.9 Å². The van der Waals surface area contributed by atoms with Crippen LogP contribution < -0.4 is 9.80 Å². The zero-order valence-corrected chi connectivity index (χ0v) is 17.8. The second-order valence-corrected chi connectivity index (χ2v) is 7.96. The molecule has 3 rings (SSSR count). The van der Waals surface area contributed by atoms with Crippen molar-refractivity contribution in [1.82, 2.24) is 0 Å². The highest BCUT2D eigenvalue weighted by Gasteiger charge is 2.37. The molecule has 2 aromatic rings. The maximum absolute atomic E-state index is 13.1. The highest BCUT2D eigenvalue weighted by atomic mass is 16.2. The van der Waals surface area contributed by atoms with Gasteiger partial charge in [0.15, 0.2) is 0 Å². The summed E-state index contributed by atoms with van der Waals surface area (Å²) in [4.78, 5) is 29.5. The van der Waals surface area contributed by atoms with Crippen LogP contribution in [0.25, 0.3) is 0 Å². The lowest BCUT2D eigenvalue weighted by Crippen LogP contribution is -2.47. The van der Waals surface area contributed by atoms with E-state index in [9.17, 15) is 9.59 Å². The number of nitrogens with zero attached hydrogens (tertiary/aromatic N) is 2. The lowest BCUT2D eigenvalue weighted by Gasteiger charge is -2.43. The molecule has 29 heavy (non-hydrogen) atoms. The highest BCUT2D eigenvalue weighted by molar-refractivity contribution is 5.97. The monoisotopic (exact) mass is 392 g/mol. The minimum absolute atomic E-state index is 0.0162. The van der Waals surface area contributed by atoms with Crippen LogP contribution >= 0.6 is 0 Å². The van der Waals surface area contributed by atoms with Gasteiger partial charge in [-0.3, -0.25) is 9.59 Å². The van der Waals surface area contributed by atoms with E-state index in [4.69, 9.17) is 0 Å². The van der Waals surface area contributed by atoms with Gasteiger partial charge in [0.25, 0.3) is 0 Å². The molecule has 154 valence electrons. The van der Waals surface area contributed by atoms with Gasteiger partial charge in [-0.25, -0.2) is 0 Å². The Balaban J connectivity index is 1.92. The number of fused-ring (bicyclic) bond motifs is 1. The topological polar surface area (TPSA) is 40.6 Å². The Labute approximate surface area is 174 Å². The van der Waals surface area contributed by atoms with Crippen LogP contribution in [0.15, 0.2) is 54.6 Å². The minimum atomic E-state index is -0.0785. The molecule has 0 unspecified atom stereocenters. The van der Waals surface area contributed by atoms with Crippen LogP contribution in [-0.2, 0) is 9.59 Å². The van der Waals surface area contributed by atoms with Crippen LogP contribution in [-0.4, -0.2) is 17.9 Å². The van der Waals surface area contributed by atoms with Crippen LogP contribution in [0, 0.1) is 0 Å². The summed E-state index contributed by atoms with van der Waals surface area (Å²) in [5, 5.41) is 0. The first-order valence-electron chi connectivity index (χ1n) is 10.8. The van der Waals surface area contributed by atoms with Crippen molar-refractivity contribution in [2.24, 2.45) is 0 Å². The van der Waals surface area contributed by atoms with Gasteiger partial charge in [0, 0.05) is 30.8 Å². The summed E-state index contributed by atoms with van der Waals surface area (Å²) in [6.45, 7) is 5.89. The molecule has 0 aliphatic carbocycles. The smallest absolute Gasteiger partial charge is 0.227 e. The van der Waals surface area contributed by atoms with E-state index in [1.165, 1.54) is 12.8 Å². The van der Waals surface area contributed by atoms with Crippen molar-refractivity contribution in [3.8, 4) is 0 Å². The van der Waals surface area contributed by atoms with Gasteiger partial charge in [0.1, 0.15) is 0 Å². The number of amides is 2. The van der Waals surface area contributed by atoms with Gasteiger partial charge in [0.05, 0.1) is 6.04 Å². The Morgan fingerprint density at radius 3 is 2.38 bits per heavy atom. The van der Waals surface area contributed by atoms with E-state index in [1.807, 2.05) is 58.3 Å². The molecule has 0 N–H and O–H groups in total. The van der Waals surface area contributed by atoms with Crippen molar-refractivity contribution in [3.05, 3.63) is 60.2 Å². The summed E-state index contributed by atoms with van der Waals surface area (Å²) < 4.78 is 0. The normalized spacial score (nSPS) is 18.2. The molecule has 1 heterocycles. The average Bonchev–Trinajstić information content (AvgIpc) is 2.72. The summed E-state index contributed by atoms with van der Waals surface area (Å²) in [6, 6.07) is 17.8. The Hall–Kier alpha value is -2.62. The van der Waals surface area contributed by atoms with Crippen molar-refractivity contribution in [3.63, 3.8) is 0 Å². The van der Waals surface area contributed by atoms with E-state index in [2.05, 4.69) is 19.9 Å². The molecule has 0 bridgehead atoms. The predicted octanol–water partition coefficient (Wildman–Crippen LogP) is 5.88. The number of unbranched alkanes of at least 4 members (excludes halogenated alkanes) is 3. The molecule has 4 heteroatoms. The SMILES string of the molecule is CCCCCCC(=O)N1c2ccccc2[C@H](N(C(C)=O)c2ccccc2)C[C@H]1C. The van der Waals surface area contributed by atoms with Crippen molar-refractivity contribution >= 4 is 23.2 Å². The molecule has 1 aliphatic heterocycles. The molecule has 2 aromatic carbocycles. The lowest BCUT2D eigenvalue weighted by molar-refractivity contribution is -0.119. The van der Waals surface area contributed by atoms with Gasteiger partial charge in [0.2, 0.25) is 11.8 Å². The summed E-state index contributed by atoms with van der Waals surface area (Å²) >= 11 is 0. The Morgan fingerprint density at radius 1 is 1.00 bits per heavy atom. The maximum Gasteiger partial charge on any atom is 0.227 e. The van der Waals surface area contributed by atoms with Crippen molar-refractivity contribution in [2.45, 2.75) is 71.4 Å². The Kier molecular flexibility index (Phi) is 7.08. The standard InChI is InChI=1S/C25H32N2O2/c1-4-5-6-10-17-25(29)26-19(2)18-24(22-15-11-12-16-23(22)26)27(20(3)28)21-13-8-7-9-14-21/h7-9,11-16,19,24H,4-6,10,17-18H2,1-3H3/t19-,24-/m1/s1. The van der Waals surface area contributed by atoms with Gasteiger partial charge < -0.3 is 9.80 Å². The van der Waals surface area contributed by atoms with E-state index in [0.717, 1.165) is 36.2 Å². The van der Waals surface area contributed by atoms with Crippen LogP contribution in [0.3, 0.4) is 0 Å². The number of anilines is 2. The third-order valence-electron chi connectivity index (χ3n) is 5.76. The summed E-state index contributed by atoms with van der Waals surface area (Å²) in [7, 11) is 0. The molecule has 2 amide bonds. The van der Waals surface area contributed by atoms with E-state index in [0.29, 0.717) is 6.42 Å². The minimum Gasteiger partial charge on any atom is -0.309 e. The molecule has 0 saturated carbocycles. The van der Waals surface area contributed by atoms with E-state index >= 15 is 0 Å². The molecule has 4 nitrogen and oxygen atoms in total. The number of hydrogen-bond donors (Lipinski definition) is 0. The maximum atomic E-state index is 13.1. The quantitative estimate of drug-likeness (QED) is 0.552. The summed E-state index contributed by atoms with van der Waals surface area (Å²) in [5.41, 5.74) is 2.89. The Bertz CT molecular complexity index is 834. The van der Waals surface area contributed by atoms with E-state index in [-0.39, 0.29) is 23.9 Å². The van der Waals surface area contributed by atoms with Crippen LogP contribution in [0.5, 0.6) is 0 Å². The van der Waals surface area contributed by atoms with E-state index < -0.39 is 0 Å². The number of para-hydroxylation sites is 2. The summed E-state index contributed by atoms with van der Waals surface area (Å²) in [6.07, 6.45) is 5.68. The molecule has 1 aliphatic rings. The number of benzene rings is 2. The largest absolute Gasteiger partial charge is 0.309 e. The fourth-order valence-electron chi connectivity index (χ4n) is 4.40. The van der Waals surface area contributed by atoms with Gasteiger partial charge in [-0.15, -0.1) is 0 Å². The number of carbonyl (C=O) groups excluding carboxylic acids is 2. The molecular weight excluding hydrogens is 360 g/mol. The fraction of sp³-hybridized carbons (Fsp3) is 0.440. The molecule has 0 saturated heterocycles. The number of rotatable bonds is 7. The van der Waals surface area contributed by atoms with Gasteiger partial charge in [-0.2, -0.15) is 0 Å². The summed E-state index contributed by atoms with van der Waals surface area (Å²) in [5.74, 6) is 0.205. The molecule has 0 fully saturated rings. The zero-order valence-electron chi connectivity index (χ0n) is 17.8. The van der Waals surface area contributed by atoms with Crippen molar-refractivity contribution in [2.75, 3.05) is 9.80 Å². The Morgan fingerprint density at radius 2 is 1.69 bits per heavy atom. The van der Waals surface area contributed by atoms with Crippen LogP contribution in [0.2, 0.25) is 0 Å². The lowest BCUT2D eigenvalue weighted by atomic mass is 9.89. The second kappa shape index (κ2) is 9.73. The van der Waals surface area contributed by atoms with Crippen molar-refractivity contribution < 1.29 is 9.59 Å². The van der Waals surface area contributed by atoms with Gasteiger partial charge in [-0.1, -0.05) is 62.6 Å². The number of carbonyl (C=O) groups is 2. The molecule has 2 atom stereocenters. The highest BCUT2D eigenvalue weighted by Crippen LogP contribution is 2.42. The molecular formula is C25H32N2O2. The first-order chi connectivity index (χ1) is 14.0. The third-order valence-corrected chi connectivity index (χ3v) is 5.76. The molecule has 0 radical (unpaired) electrons. The van der Waals surface area contributed by atoms with Crippen molar-refractivity contribution in [1.29, 1.82) is 0 Å². The second-order valence-electron chi connectivity index (χ2n) is 7.96. The molecule has 0 spiro atoms. The first-order valence-corrected chi connectivity index (χ1v) is 10.8. The molecule has 0 aromatic heterocycles. The third kappa shape index (κ3) is 4.69.